The Hall–Kier alpha value is -0.610. The summed E-state index contributed by atoms with van der Waals surface area (Å²) in [4.78, 5) is 11.4. The normalized spacial score (nSPS) is 14.7. The molecular formula is C11H23NO3. The summed E-state index contributed by atoms with van der Waals surface area (Å²) in [6, 6.07) is 0.0986. The Bertz CT molecular complexity index is 165. The van der Waals surface area contributed by atoms with E-state index in [1.54, 1.807) is 14.0 Å². The van der Waals surface area contributed by atoms with Gasteiger partial charge >= 0.3 is 0 Å². The van der Waals surface area contributed by atoms with Crippen LogP contribution in [-0.4, -0.2) is 36.9 Å². The summed E-state index contributed by atoms with van der Waals surface area (Å²) < 4.78 is 5.02. The smallest absolute Gasteiger partial charge is 0.220 e. The second kappa shape index (κ2) is 8.68. The molecule has 0 aliphatic heterocycles. The molecule has 0 heterocycles. The second-order valence-corrected chi connectivity index (χ2v) is 3.90. The Morgan fingerprint density at radius 3 is 2.60 bits per heavy atom. The highest BCUT2D eigenvalue weighted by Gasteiger charge is 2.11. The van der Waals surface area contributed by atoms with Crippen LogP contribution in [0.25, 0.3) is 0 Å². The number of amides is 1. The summed E-state index contributed by atoms with van der Waals surface area (Å²) in [7, 11) is 1.63. The molecule has 2 unspecified atom stereocenters. The van der Waals surface area contributed by atoms with Crippen LogP contribution in [0.4, 0.5) is 0 Å². The van der Waals surface area contributed by atoms with E-state index >= 15 is 0 Å². The molecule has 0 radical (unpaired) electrons. The average Bonchev–Trinajstić information content (AvgIpc) is 2.15. The van der Waals surface area contributed by atoms with Crippen LogP contribution < -0.4 is 5.32 Å². The quantitative estimate of drug-likeness (QED) is 0.639. The Morgan fingerprint density at radius 1 is 1.47 bits per heavy atom. The first-order valence-corrected chi connectivity index (χ1v) is 5.56. The minimum atomic E-state index is -0.414. The molecule has 2 atom stereocenters. The van der Waals surface area contributed by atoms with E-state index in [9.17, 15) is 4.79 Å². The van der Waals surface area contributed by atoms with Gasteiger partial charge in [0, 0.05) is 13.5 Å². The molecule has 0 bridgehead atoms. The standard InChI is InChI=1S/C11H23NO3/c1-4-5-10(8-15-3)12-11(14)7-6-9(2)13/h9-10,13H,4-8H2,1-3H3,(H,12,14). The summed E-state index contributed by atoms with van der Waals surface area (Å²) in [5.74, 6) is -0.00796. The van der Waals surface area contributed by atoms with Crippen molar-refractivity contribution in [2.45, 2.75) is 51.7 Å². The third-order valence-electron chi connectivity index (χ3n) is 2.16. The van der Waals surface area contributed by atoms with Gasteiger partial charge in [0.05, 0.1) is 18.8 Å². The van der Waals surface area contributed by atoms with Crippen molar-refractivity contribution in [3.8, 4) is 0 Å². The lowest BCUT2D eigenvalue weighted by Gasteiger charge is -2.17. The second-order valence-electron chi connectivity index (χ2n) is 3.90. The molecule has 4 nitrogen and oxygen atoms in total. The van der Waals surface area contributed by atoms with Gasteiger partial charge in [-0.05, 0) is 19.8 Å². The van der Waals surface area contributed by atoms with Crippen LogP contribution in [0.5, 0.6) is 0 Å². The Morgan fingerprint density at radius 2 is 2.13 bits per heavy atom. The van der Waals surface area contributed by atoms with Gasteiger partial charge in [-0.3, -0.25) is 4.79 Å². The lowest BCUT2D eigenvalue weighted by atomic mass is 10.1. The lowest BCUT2D eigenvalue weighted by Crippen LogP contribution is -2.38. The number of nitrogens with one attached hydrogen (secondary N) is 1. The Balaban J connectivity index is 3.77. The molecule has 0 saturated heterocycles. The molecule has 0 saturated carbocycles. The average molecular weight is 217 g/mol. The molecule has 1 amide bonds. The predicted octanol–water partition coefficient (Wildman–Crippen LogP) is 1.08. The molecule has 0 rings (SSSR count). The van der Waals surface area contributed by atoms with Gasteiger partial charge < -0.3 is 15.2 Å². The summed E-state index contributed by atoms with van der Waals surface area (Å²) in [6.45, 7) is 4.31. The van der Waals surface area contributed by atoms with Crippen molar-refractivity contribution in [2.24, 2.45) is 0 Å². The van der Waals surface area contributed by atoms with Crippen LogP contribution in [0.2, 0.25) is 0 Å². The molecule has 2 N–H and O–H groups in total. The summed E-state index contributed by atoms with van der Waals surface area (Å²) >= 11 is 0. The Labute approximate surface area is 92.0 Å². The van der Waals surface area contributed by atoms with Gasteiger partial charge in [0.25, 0.3) is 0 Å². The zero-order chi connectivity index (χ0) is 11.7. The minimum Gasteiger partial charge on any atom is -0.393 e. The number of aliphatic hydroxyl groups excluding tert-OH is 1. The van der Waals surface area contributed by atoms with Gasteiger partial charge in [0.1, 0.15) is 0 Å². The van der Waals surface area contributed by atoms with Crippen molar-refractivity contribution in [3.05, 3.63) is 0 Å². The number of rotatable bonds is 8. The van der Waals surface area contributed by atoms with Gasteiger partial charge in [0.15, 0.2) is 0 Å². The molecule has 0 aromatic heterocycles. The maximum atomic E-state index is 11.4. The third kappa shape index (κ3) is 8.39. The van der Waals surface area contributed by atoms with Crippen molar-refractivity contribution in [3.63, 3.8) is 0 Å². The van der Waals surface area contributed by atoms with Crippen LogP contribution in [0.3, 0.4) is 0 Å². The molecule has 15 heavy (non-hydrogen) atoms. The van der Waals surface area contributed by atoms with E-state index in [0.29, 0.717) is 19.4 Å². The van der Waals surface area contributed by atoms with Gasteiger partial charge in [0.2, 0.25) is 5.91 Å². The number of ether oxygens (including phenoxy) is 1. The van der Waals surface area contributed by atoms with E-state index in [0.717, 1.165) is 12.8 Å². The molecule has 0 aliphatic carbocycles. The van der Waals surface area contributed by atoms with Crippen LogP contribution in [0, 0.1) is 0 Å². The molecular weight excluding hydrogens is 194 g/mol. The molecule has 0 spiro atoms. The van der Waals surface area contributed by atoms with E-state index in [4.69, 9.17) is 9.84 Å². The van der Waals surface area contributed by atoms with Crippen LogP contribution >= 0.6 is 0 Å². The van der Waals surface area contributed by atoms with E-state index in [-0.39, 0.29) is 11.9 Å². The highest BCUT2D eigenvalue weighted by atomic mass is 16.5. The zero-order valence-corrected chi connectivity index (χ0v) is 9.95. The number of aliphatic hydroxyl groups is 1. The fourth-order valence-electron chi connectivity index (χ4n) is 1.39. The van der Waals surface area contributed by atoms with E-state index in [1.165, 1.54) is 0 Å². The number of hydrogen-bond donors (Lipinski definition) is 2. The first-order valence-electron chi connectivity index (χ1n) is 5.56. The summed E-state index contributed by atoms with van der Waals surface area (Å²) in [6.07, 6.45) is 2.42. The number of methoxy groups -OCH3 is 1. The van der Waals surface area contributed by atoms with E-state index < -0.39 is 6.10 Å². The van der Waals surface area contributed by atoms with Gasteiger partial charge in [-0.2, -0.15) is 0 Å². The van der Waals surface area contributed by atoms with E-state index in [2.05, 4.69) is 12.2 Å². The third-order valence-corrected chi connectivity index (χ3v) is 2.16. The SMILES string of the molecule is CCCC(COC)NC(=O)CCC(C)O. The van der Waals surface area contributed by atoms with Gasteiger partial charge in [-0.15, -0.1) is 0 Å². The van der Waals surface area contributed by atoms with Crippen LogP contribution in [0.1, 0.15) is 39.5 Å². The maximum Gasteiger partial charge on any atom is 0.220 e. The molecule has 0 aliphatic rings. The molecule has 0 aromatic carbocycles. The van der Waals surface area contributed by atoms with Gasteiger partial charge in [-0.25, -0.2) is 0 Å². The van der Waals surface area contributed by atoms with Crippen LogP contribution in [-0.2, 0) is 9.53 Å². The zero-order valence-electron chi connectivity index (χ0n) is 9.95. The fraction of sp³-hybridized carbons (Fsp3) is 0.909. The topological polar surface area (TPSA) is 58.6 Å². The molecule has 90 valence electrons. The predicted molar refractivity (Wildman–Crippen MR) is 59.6 cm³/mol. The van der Waals surface area contributed by atoms with E-state index in [1.807, 2.05) is 0 Å². The molecule has 0 fully saturated rings. The Kier molecular flexibility index (Phi) is 8.33. The number of carbonyl (C=O) groups excluding carboxylic acids is 1. The first kappa shape index (κ1) is 14.4. The van der Waals surface area contributed by atoms with Gasteiger partial charge in [-0.1, -0.05) is 13.3 Å². The highest BCUT2D eigenvalue weighted by molar-refractivity contribution is 5.76. The van der Waals surface area contributed by atoms with Crippen molar-refractivity contribution < 1.29 is 14.6 Å². The van der Waals surface area contributed by atoms with Crippen molar-refractivity contribution in [1.29, 1.82) is 0 Å². The molecule has 0 aromatic rings. The largest absolute Gasteiger partial charge is 0.393 e. The fourth-order valence-corrected chi connectivity index (χ4v) is 1.39. The van der Waals surface area contributed by atoms with Crippen molar-refractivity contribution in [1.82, 2.24) is 5.32 Å². The van der Waals surface area contributed by atoms with Crippen molar-refractivity contribution in [2.75, 3.05) is 13.7 Å². The first-order chi connectivity index (χ1) is 7.10. The van der Waals surface area contributed by atoms with Crippen LogP contribution in [0.15, 0.2) is 0 Å². The lowest BCUT2D eigenvalue weighted by molar-refractivity contribution is -0.122. The maximum absolute atomic E-state index is 11.4. The summed E-state index contributed by atoms with van der Waals surface area (Å²) in [5, 5.41) is 11.9. The number of carbonyl (C=O) groups is 1. The highest BCUT2D eigenvalue weighted by Crippen LogP contribution is 2.00. The molecule has 4 heteroatoms. The monoisotopic (exact) mass is 217 g/mol. The minimum absolute atomic E-state index is 0.00796. The number of hydrogen-bond acceptors (Lipinski definition) is 3. The van der Waals surface area contributed by atoms with Crippen molar-refractivity contribution >= 4 is 5.91 Å². The summed E-state index contributed by atoms with van der Waals surface area (Å²) in [5.41, 5.74) is 0.